The van der Waals surface area contributed by atoms with Crippen LogP contribution in [0.15, 0.2) is 16.6 Å². The third kappa shape index (κ3) is 2.24. The lowest BCUT2D eigenvalue weighted by Crippen LogP contribution is -2.05. The number of rotatable bonds is 0. The molecule has 0 atom stereocenters. The Balaban J connectivity index is 2.87. The number of fused-ring (bicyclic) bond motifs is 1. The molecule has 0 saturated carbocycles. The van der Waals surface area contributed by atoms with E-state index in [4.69, 9.17) is 11.6 Å². The minimum absolute atomic E-state index is 0.0752. The molecule has 0 aliphatic rings. The first-order valence-corrected chi connectivity index (χ1v) is 5.67. The van der Waals surface area contributed by atoms with Crippen molar-refractivity contribution in [3.63, 3.8) is 0 Å². The van der Waals surface area contributed by atoms with Gasteiger partial charge < -0.3 is 0 Å². The van der Waals surface area contributed by atoms with E-state index in [9.17, 15) is 13.2 Å². The normalized spacial score (nSPS) is 12.1. The van der Waals surface area contributed by atoms with Gasteiger partial charge >= 0.3 is 6.18 Å². The highest BCUT2D eigenvalue weighted by Crippen LogP contribution is 2.37. The van der Waals surface area contributed by atoms with E-state index in [0.29, 0.717) is 16.5 Å². The molecule has 1 aromatic carbocycles. The minimum Gasteiger partial charge on any atom is -0.166 e. The molecule has 0 bridgehead atoms. The Bertz CT molecular complexity index is 598. The van der Waals surface area contributed by atoms with Gasteiger partial charge in [-0.15, -0.1) is 5.10 Å². The van der Waals surface area contributed by atoms with Crippen LogP contribution in [0.5, 0.6) is 0 Å². The van der Waals surface area contributed by atoms with Gasteiger partial charge in [0.05, 0.1) is 11.3 Å². The van der Waals surface area contributed by atoms with Crippen molar-refractivity contribution in [1.82, 2.24) is 10.2 Å². The van der Waals surface area contributed by atoms with Crippen molar-refractivity contribution in [2.75, 3.05) is 0 Å². The standard InChI is InChI=1S/C10H5BrClF3N2/c1-4-6-2-5(10(13,14)15)3-7(11)8(6)9(12)17-16-4/h2-3H,1H3. The van der Waals surface area contributed by atoms with Crippen molar-refractivity contribution in [3.8, 4) is 0 Å². The molecule has 0 radical (unpaired) electrons. The summed E-state index contributed by atoms with van der Waals surface area (Å²) in [5.74, 6) is 0. The van der Waals surface area contributed by atoms with E-state index < -0.39 is 11.7 Å². The summed E-state index contributed by atoms with van der Waals surface area (Å²) in [7, 11) is 0. The Morgan fingerprint density at radius 2 is 1.88 bits per heavy atom. The van der Waals surface area contributed by atoms with Crippen molar-refractivity contribution in [2.45, 2.75) is 13.1 Å². The summed E-state index contributed by atoms with van der Waals surface area (Å²) in [5, 5.41) is 8.22. The lowest BCUT2D eigenvalue weighted by molar-refractivity contribution is -0.137. The largest absolute Gasteiger partial charge is 0.416 e. The number of benzene rings is 1. The van der Waals surface area contributed by atoms with Crippen LogP contribution in [0.4, 0.5) is 13.2 Å². The summed E-state index contributed by atoms with van der Waals surface area (Å²) < 4.78 is 38.2. The Morgan fingerprint density at radius 3 is 2.47 bits per heavy atom. The molecule has 2 nitrogen and oxygen atoms in total. The van der Waals surface area contributed by atoms with Gasteiger partial charge in [-0.1, -0.05) is 27.5 Å². The van der Waals surface area contributed by atoms with Gasteiger partial charge in [0.2, 0.25) is 0 Å². The highest BCUT2D eigenvalue weighted by molar-refractivity contribution is 9.10. The SMILES string of the molecule is Cc1nnc(Cl)c2c(Br)cc(C(F)(F)F)cc12. The predicted octanol–water partition coefficient (Wildman–Crippen LogP) is 4.37. The topological polar surface area (TPSA) is 25.8 Å². The third-order valence-electron chi connectivity index (χ3n) is 2.30. The Labute approximate surface area is 108 Å². The van der Waals surface area contributed by atoms with Crippen LogP contribution in [0.2, 0.25) is 5.15 Å². The highest BCUT2D eigenvalue weighted by Gasteiger charge is 2.31. The van der Waals surface area contributed by atoms with Gasteiger partial charge in [-0.25, -0.2) is 0 Å². The van der Waals surface area contributed by atoms with E-state index in [1.807, 2.05) is 0 Å². The number of nitrogens with zero attached hydrogens (tertiary/aromatic N) is 2. The van der Waals surface area contributed by atoms with Gasteiger partial charge in [0.15, 0.2) is 5.15 Å². The van der Waals surface area contributed by atoms with Gasteiger partial charge in [-0.3, -0.25) is 0 Å². The lowest BCUT2D eigenvalue weighted by atomic mass is 10.1. The summed E-state index contributed by atoms with van der Waals surface area (Å²) in [6, 6.07) is 2.01. The molecular formula is C10H5BrClF3N2. The average molecular weight is 326 g/mol. The molecule has 0 amide bonds. The van der Waals surface area contributed by atoms with Crippen LogP contribution in [0, 0.1) is 6.92 Å². The highest BCUT2D eigenvalue weighted by atomic mass is 79.9. The van der Waals surface area contributed by atoms with Gasteiger partial charge in [0, 0.05) is 15.2 Å². The van der Waals surface area contributed by atoms with Crippen LogP contribution in [0.1, 0.15) is 11.3 Å². The van der Waals surface area contributed by atoms with Crippen LogP contribution in [0.3, 0.4) is 0 Å². The molecule has 0 unspecified atom stereocenters. The van der Waals surface area contributed by atoms with E-state index in [0.717, 1.165) is 12.1 Å². The number of halogens is 5. The quantitative estimate of drug-likeness (QED) is 0.718. The van der Waals surface area contributed by atoms with E-state index in [-0.39, 0.29) is 9.63 Å². The van der Waals surface area contributed by atoms with Crippen molar-refractivity contribution < 1.29 is 13.2 Å². The van der Waals surface area contributed by atoms with Crippen LogP contribution < -0.4 is 0 Å². The van der Waals surface area contributed by atoms with Crippen molar-refractivity contribution >= 4 is 38.3 Å². The maximum absolute atomic E-state index is 12.6. The second-order valence-corrected chi connectivity index (χ2v) is 4.67. The predicted molar refractivity (Wildman–Crippen MR) is 62.0 cm³/mol. The van der Waals surface area contributed by atoms with E-state index >= 15 is 0 Å². The third-order valence-corrected chi connectivity index (χ3v) is 3.19. The molecule has 0 spiro atoms. The summed E-state index contributed by atoms with van der Waals surface area (Å²) in [6.45, 7) is 1.58. The minimum atomic E-state index is -4.40. The second-order valence-electron chi connectivity index (χ2n) is 3.45. The number of alkyl halides is 3. The molecule has 0 N–H and O–H groups in total. The molecule has 0 aliphatic heterocycles. The average Bonchev–Trinajstić information content (AvgIpc) is 2.21. The van der Waals surface area contributed by atoms with Crippen LogP contribution >= 0.6 is 27.5 Å². The number of hydrogen-bond acceptors (Lipinski definition) is 2. The summed E-state index contributed by atoms with van der Waals surface area (Å²) in [6.07, 6.45) is -4.40. The molecule has 1 aromatic heterocycles. The fourth-order valence-corrected chi connectivity index (χ4v) is 2.49. The fourth-order valence-electron chi connectivity index (χ4n) is 1.49. The van der Waals surface area contributed by atoms with E-state index in [2.05, 4.69) is 26.1 Å². The molecule has 0 fully saturated rings. The molecule has 0 aliphatic carbocycles. The molecule has 90 valence electrons. The van der Waals surface area contributed by atoms with Crippen molar-refractivity contribution in [1.29, 1.82) is 0 Å². The molecule has 1 heterocycles. The second kappa shape index (κ2) is 4.10. The fraction of sp³-hybridized carbons (Fsp3) is 0.200. The lowest BCUT2D eigenvalue weighted by Gasteiger charge is -2.11. The van der Waals surface area contributed by atoms with Crippen LogP contribution in [-0.2, 0) is 6.18 Å². The first kappa shape index (κ1) is 12.6. The first-order chi connectivity index (χ1) is 7.80. The summed E-state index contributed by atoms with van der Waals surface area (Å²) >= 11 is 8.89. The number of aromatic nitrogens is 2. The Hall–Kier alpha value is -0.880. The van der Waals surface area contributed by atoms with Crippen LogP contribution in [-0.4, -0.2) is 10.2 Å². The van der Waals surface area contributed by atoms with Gasteiger partial charge in [0.1, 0.15) is 0 Å². The van der Waals surface area contributed by atoms with E-state index in [1.54, 1.807) is 6.92 Å². The molecule has 17 heavy (non-hydrogen) atoms. The van der Waals surface area contributed by atoms with Crippen molar-refractivity contribution in [2.24, 2.45) is 0 Å². The smallest absolute Gasteiger partial charge is 0.166 e. The maximum atomic E-state index is 12.6. The number of aryl methyl sites for hydroxylation is 1. The van der Waals surface area contributed by atoms with Gasteiger partial charge in [0.25, 0.3) is 0 Å². The molecule has 0 saturated heterocycles. The summed E-state index contributed by atoms with van der Waals surface area (Å²) in [5.41, 5.74) is -0.347. The summed E-state index contributed by atoms with van der Waals surface area (Å²) in [4.78, 5) is 0. The monoisotopic (exact) mass is 324 g/mol. The van der Waals surface area contributed by atoms with E-state index in [1.165, 1.54) is 0 Å². The van der Waals surface area contributed by atoms with Crippen LogP contribution in [0.25, 0.3) is 10.8 Å². The molecule has 7 heteroatoms. The molecule has 2 rings (SSSR count). The number of hydrogen-bond donors (Lipinski definition) is 0. The van der Waals surface area contributed by atoms with Gasteiger partial charge in [-0.2, -0.15) is 18.3 Å². The zero-order valence-electron chi connectivity index (χ0n) is 8.44. The molecular weight excluding hydrogens is 320 g/mol. The molecule has 2 aromatic rings. The Morgan fingerprint density at radius 1 is 1.24 bits per heavy atom. The zero-order chi connectivity index (χ0) is 12.8. The van der Waals surface area contributed by atoms with Crippen molar-refractivity contribution in [3.05, 3.63) is 33.0 Å². The van der Waals surface area contributed by atoms with Gasteiger partial charge in [-0.05, 0) is 19.1 Å². The maximum Gasteiger partial charge on any atom is 0.416 e. The first-order valence-electron chi connectivity index (χ1n) is 4.50. The Kier molecular flexibility index (Phi) is 3.03. The zero-order valence-corrected chi connectivity index (χ0v) is 10.8.